The number of carboxylic acids is 2. The van der Waals surface area contributed by atoms with Crippen LogP contribution in [0.25, 0.3) is 0 Å². The van der Waals surface area contributed by atoms with Crippen molar-refractivity contribution in [3.63, 3.8) is 0 Å². The summed E-state index contributed by atoms with van der Waals surface area (Å²) in [6.07, 6.45) is 14.1. The Balaban J connectivity index is 3.95. The second-order valence-electron chi connectivity index (χ2n) is 8.62. The quantitative estimate of drug-likeness (QED) is 0.252. The molecule has 0 aliphatic heterocycles. The summed E-state index contributed by atoms with van der Waals surface area (Å²) in [6, 6.07) is 0. The predicted molar refractivity (Wildman–Crippen MR) is 112 cm³/mol. The number of aliphatic carboxylic acids is 2. The highest BCUT2D eigenvalue weighted by molar-refractivity contribution is 5.74. The first-order valence-electron chi connectivity index (χ1n) is 11.2. The lowest BCUT2D eigenvalue weighted by atomic mass is 9.71. The summed E-state index contributed by atoms with van der Waals surface area (Å²) >= 11 is 0. The lowest BCUT2D eigenvalue weighted by molar-refractivity contribution is -0.151. The zero-order valence-corrected chi connectivity index (χ0v) is 18.3. The average Bonchev–Trinajstić information content (AvgIpc) is 2.61. The van der Waals surface area contributed by atoms with Gasteiger partial charge in [0.1, 0.15) is 0 Å². The molecule has 0 bridgehead atoms. The summed E-state index contributed by atoms with van der Waals surface area (Å²) in [7, 11) is 0. The van der Waals surface area contributed by atoms with Gasteiger partial charge in [-0.2, -0.15) is 0 Å². The van der Waals surface area contributed by atoms with E-state index < -0.39 is 17.4 Å². The normalized spacial score (nSPS) is 13.1. The van der Waals surface area contributed by atoms with Crippen molar-refractivity contribution in [2.24, 2.45) is 17.3 Å². The SMILES string of the molecule is CCC(CC)(CC(CCCCCCCCCCCC(=O)O)C(C)C)C(=O)O. The van der Waals surface area contributed by atoms with Crippen molar-refractivity contribution in [1.29, 1.82) is 0 Å². The van der Waals surface area contributed by atoms with Gasteiger partial charge in [0.05, 0.1) is 5.41 Å². The smallest absolute Gasteiger partial charge is 0.309 e. The topological polar surface area (TPSA) is 74.6 Å². The van der Waals surface area contributed by atoms with Crippen molar-refractivity contribution in [3.05, 3.63) is 0 Å². The monoisotopic (exact) mass is 384 g/mol. The van der Waals surface area contributed by atoms with Crippen molar-refractivity contribution in [3.8, 4) is 0 Å². The lowest BCUT2D eigenvalue weighted by Gasteiger charge is -2.33. The summed E-state index contributed by atoms with van der Waals surface area (Å²) < 4.78 is 0. The molecule has 0 saturated heterocycles. The van der Waals surface area contributed by atoms with E-state index in [-0.39, 0.29) is 0 Å². The number of hydrogen-bond donors (Lipinski definition) is 2. The molecule has 0 amide bonds. The molecule has 0 aromatic carbocycles. The molecule has 0 aliphatic carbocycles. The van der Waals surface area contributed by atoms with E-state index in [9.17, 15) is 14.7 Å². The molecule has 0 heterocycles. The number of carbonyl (C=O) groups is 2. The van der Waals surface area contributed by atoms with Crippen LogP contribution in [0.4, 0.5) is 0 Å². The first-order valence-corrected chi connectivity index (χ1v) is 11.2. The van der Waals surface area contributed by atoms with Gasteiger partial charge in [-0.3, -0.25) is 9.59 Å². The molecule has 4 heteroatoms. The first kappa shape index (κ1) is 25.9. The van der Waals surface area contributed by atoms with E-state index in [1.807, 2.05) is 13.8 Å². The van der Waals surface area contributed by atoms with E-state index in [1.54, 1.807) is 0 Å². The van der Waals surface area contributed by atoms with E-state index in [2.05, 4.69) is 13.8 Å². The number of hydrogen-bond acceptors (Lipinski definition) is 2. The van der Waals surface area contributed by atoms with Crippen molar-refractivity contribution in [2.75, 3.05) is 0 Å². The van der Waals surface area contributed by atoms with Crippen LogP contribution in [-0.4, -0.2) is 22.2 Å². The molecule has 0 fully saturated rings. The lowest BCUT2D eigenvalue weighted by Crippen LogP contribution is -2.33. The van der Waals surface area contributed by atoms with E-state index in [0.717, 1.165) is 32.1 Å². The molecule has 0 radical (unpaired) electrons. The van der Waals surface area contributed by atoms with Gasteiger partial charge in [-0.05, 0) is 37.5 Å². The molecule has 4 nitrogen and oxygen atoms in total. The van der Waals surface area contributed by atoms with Gasteiger partial charge in [0.15, 0.2) is 0 Å². The fourth-order valence-electron chi connectivity index (χ4n) is 4.02. The van der Waals surface area contributed by atoms with Gasteiger partial charge >= 0.3 is 11.9 Å². The first-order chi connectivity index (χ1) is 12.8. The van der Waals surface area contributed by atoms with E-state index in [0.29, 0.717) is 31.1 Å². The van der Waals surface area contributed by atoms with Crippen molar-refractivity contribution in [1.82, 2.24) is 0 Å². The molecule has 0 aromatic rings. The maximum absolute atomic E-state index is 11.8. The fourth-order valence-corrected chi connectivity index (χ4v) is 4.02. The highest BCUT2D eigenvalue weighted by atomic mass is 16.4. The van der Waals surface area contributed by atoms with Gasteiger partial charge < -0.3 is 10.2 Å². The Hall–Kier alpha value is -1.06. The van der Waals surface area contributed by atoms with Crippen LogP contribution in [0, 0.1) is 17.3 Å². The molecular weight excluding hydrogens is 340 g/mol. The maximum Gasteiger partial charge on any atom is 0.309 e. The molecular formula is C23H44O4. The molecule has 1 unspecified atom stereocenters. The Morgan fingerprint density at radius 1 is 0.778 bits per heavy atom. The largest absolute Gasteiger partial charge is 0.481 e. The Bertz CT molecular complexity index is 399. The minimum atomic E-state index is -0.687. The zero-order valence-electron chi connectivity index (χ0n) is 18.3. The summed E-state index contributed by atoms with van der Waals surface area (Å²) in [5, 5.41) is 18.3. The zero-order chi connectivity index (χ0) is 20.7. The van der Waals surface area contributed by atoms with Crippen LogP contribution in [0.2, 0.25) is 0 Å². The number of rotatable bonds is 18. The molecule has 0 aromatic heterocycles. The van der Waals surface area contributed by atoms with Gasteiger partial charge in [-0.1, -0.05) is 85.5 Å². The number of carboxylic acid groups (broad SMARTS) is 2. The second-order valence-corrected chi connectivity index (χ2v) is 8.62. The molecule has 2 N–H and O–H groups in total. The van der Waals surface area contributed by atoms with Gasteiger partial charge in [0.25, 0.3) is 0 Å². The summed E-state index contributed by atoms with van der Waals surface area (Å²) in [5.41, 5.74) is -0.546. The third-order valence-corrected chi connectivity index (χ3v) is 6.37. The minimum Gasteiger partial charge on any atom is -0.481 e. The highest BCUT2D eigenvalue weighted by Gasteiger charge is 2.37. The van der Waals surface area contributed by atoms with Crippen LogP contribution in [0.1, 0.15) is 118 Å². The van der Waals surface area contributed by atoms with Crippen LogP contribution in [-0.2, 0) is 9.59 Å². The van der Waals surface area contributed by atoms with Gasteiger partial charge in [-0.15, -0.1) is 0 Å². The van der Waals surface area contributed by atoms with Crippen LogP contribution in [0.3, 0.4) is 0 Å². The Labute approximate surface area is 167 Å². The number of unbranched alkanes of at least 4 members (excludes halogenated alkanes) is 8. The van der Waals surface area contributed by atoms with Crippen molar-refractivity contribution >= 4 is 11.9 Å². The van der Waals surface area contributed by atoms with E-state index in [4.69, 9.17) is 5.11 Å². The molecule has 160 valence electrons. The predicted octanol–water partition coefficient (Wildman–Crippen LogP) is 6.92. The molecule has 0 saturated carbocycles. The van der Waals surface area contributed by atoms with Crippen molar-refractivity contribution in [2.45, 2.75) is 118 Å². The van der Waals surface area contributed by atoms with E-state index in [1.165, 1.54) is 38.5 Å². The van der Waals surface area contributed by atoms with Crippen LogP contribution in [0.5, 0.6) is 0 Å². The van der Waals surface area contributed by atoms with Crippen molar-refractivity contribution < 1.29 is 19.8 Å². The van der Waals surface area contributed by atoms with Gasteiger partial charge in [0.2, 0.25) is 0 Å². The third-order valence-electron chi connectivity index (χ3n) is 6.37. The Kier molecular flexibility index (Phi) is 14.3. The van der Waals surface area contributed by atoms with Crippen LogP contribution in [0.15, 0.2) is 0 Å². The summed E-state index contributed by atoms with van der Waals surface area (Å²) in [4.78, 5) is 22.2. The van der Waals surface area contributed by atoms with Crippen LogP contribution >= 0.6 is 0 Å². The van der Waals surface area contributed by atoms with Gasteiger partial charge in [0, 0.05) is 6.42 Å². The summed E-state index contributed by atoms with van der Waals surface area (Å²) in [5.74, 6) is -0.280. The minimum absolute atomic E-state index is 0.302. The Morgan fingerprint density at radius 2 is 1.22 bits per heavy atom. The molecule has 0 aliphatic rings. The Morgan fingerprint density at radius 3 is 1.59 bits per heavy atom. The van der Waals surface area contributed by atoms with Crippen LogP contribution < -0.4 is 0 Å². The maximum atomic E-state index is 11.8. The second kappa shape index (κ2) is 14.9. The molecule has 1 atom stereocenters. The van der Waals surface area contributed by atoms with E-state index >= 15 is 0 Å². The molecule has 0 spiro atoms. The fraction of sp³-hybridized carbons (Fsp3) is 0.913. The standard InChI is InChI=1S/C23H44O4/c1-5-23(6-2,22(26)27)18-20(19(3)4)16-14-12-10-8-7-9-11-13-15-17-21(24)25/h19-20H,5-18H2,1-4H3,(H,24,25)(H,26,27). The average molecular weight is 385 g/mol. The molecule has 0 rings (SSSR count). The third kappa shape index (κ3) is 11.4. The summed E-state index contributed by atoms with van der Waals surface area (Å²) in [6.45, 7) is 8.48. The van der Waals surface area contributed by atoms with Gasteiger partial charge in [-0.25, -0.2) is 0 Å². The molecule has 27 heavy (non-hydrogen) atoms. The highest BCUT2D eigenvalue weighted by Crippen LogP contribution is 2.38.